The molecule has 2 aromatic rings. The lowest BCUT2D eigenvalue weighted by Gasteiger charge is -2.12. The Balaban J connectivity index is 2.16. The number of thiazole rings is 1. The van der Waals surface area contributed by atoms with Crippen LogP contribution in [0.5, 0.6) is 0 Å². The Morgan fingerprint density at radius 3 is 2.71 bits per heavy atom. The van der Waals surface area contributed by atoms with Gasteiger partial charge in [0.25, 0.3) is 0 Å². The predicted octanol–water partition coefficient (Wildman–Crippen LogP) is 2.77. The highest BCUT2D eigenvalue weighted by atomic mass is 35.5. The summed E-state index contributed by atoms with van der Waals surface area (Å²) in [5, 5.41) is 11.8. The fraction of sp³-hybridized carbons (Fsp3) is 0.400. The van der Waals surface area contributed by atoms with Crippen LogP contribution in [0.25, 0.3) is 0 Å². The van der Waals surface area contributed by atoms with Gasteiger partial charge in [0, 0.05) is 4.88 Å². The van der Waals surface area contributed by atoms with Gasteiger partial charge < -0.3 is 5.32 Å². The molecule has 2 rings (SSSR count). The maximum absolute atomic E-state index is 5.68. The number of hydrogen-bond donors (Lipinski definition) is 1. The van der Waals surface area contributed by atoms with Crippen LogP contribution in [0.2, 0.25) is 5.28 Å². The summed E-state index contributed by atoms with van der Waals surface area (Å²) in [6.45, 7) is 6.05. The second-order valence-corrected chi connectivity index (χ2v) is 5.23. The van der Waals surface area contributed by atoms with E-state index in [2.05, 4.69) is 32.4 Å². The normalized spacial score (nSPS) is 12.5. The molecule has 17 heavy (non-hydrogen) atoms. The molecule has 2 heterocycles. The molecule has 0 aliphatic heterocycles. The van der Waals surface area contributed by atoms with Crippen molar-refractivity contribution in [3.05, 3.63) is 27.1 Å². The van der Waals surface area contributed by atoms with E-state index in [1.807, 2.05) is 13.8 Å². The minimum absolute atomic E-state index is 0.119. The minimum atomic E-state index is 0.119. The first-order valence-corrected chi connectivity index (χ1v) is 6.31. The lowest BCUT2D eigenvalue weighted by Crippen LogP contribution is -2.08. The van der Waals surface area contributed by atoms with Crippen molar-refractivity contribution in [1.82, 2.24) is 20.2 Å². The van der Waals surface area contributed by atoms with E-state index in [4.69, 9.17) is 11.6 Å². The molecule has 5 nitrogen and oxygen atoms in total. The summed E-state index contributed by atoms with van der Waals surface area (Å²) in [5.74, 6) is 0.614. The van der Waals surface area contributed by atoms with Crippen LogP contribution < -0.4 is 5.32 Å². The highest BCUT2D eigenvalue weighted by Gasteiger charge is 2.13. The Morgan fingerprint density at radius 2 is 2.12 bits per heavy atom. The minimum Gasteiger partial charge on any atom is -0.361 e. The SMILES string of the molecule is Cc1nc(C)c(C(C)Nc2cnnc(Cl)n2)s1. The van der Waals surface area contributed by atoms with Crippen molar-refractivity contribution < 1.29 is 0 Å². The quantitative estimate of drug-likeness (QED) is 0.928. The van der Waals surface area contributed by atoms with Crippen LogP contribution in [-0.2, 0) is 0 Å². The van der Waals surface area contributed by atoms with E-state index in [0.29, 0.717) is 5.82 Å². The molecule has 1 atom stereocenters. The van der Waals surface area contributed by atoms with Gasteiger partial charge in [0.1, 0.15) is 5.82 Å². The van der Waals surface area contributed by atoms with Crippen LogP contribution in [-0.4, -0.2) is 20.2 Å². The summed E-state index contributed by atoms with van der Waals surface area (Å²) in [6.07, 6.45) is 1.55. The third kappa shape index (κ3) is 2.89. The Bertz CT molecular complexity index is 527. The molecule has 90 valence electrons. The zero-order valence-electron chi connectivity index (χ0n) is 9.73. The molecule has 0 fully saturated rings. The smallest absolute Gasteiger partial charge is 0.244 e. The first-order chi connectivity index (χ1) is 8.06. The van der Waals surface area contributed by atoms with E-state index < -0.39 is 0 Å². The number of nitrogens with one attached hydrogen (secondary N) is 1. The zero-order valence-corrected chi connectivity index (χ0v) is 11.3. The van der Waals surface area contributed by atoms with Crippen LogP contribution in [0.3, 0.4) is 0 Å². The molecular weight excluding hydrogens is 258 g/mol. The Hall–Kier alpha value is -1.27. The van der Waals surface area contributed by atoms with Crippen LogP contribution in [0.15, 0.2) is 6.20 Å². The summed E-state index contributed by atoms with van der Waals surface area (Å²) in [6, 6.07) is 0.119. The van der Waals surface area contributed by atoms with Crippen molar-refractivity contribution in [3.63, 3.8) is 0 Å². The van der Waals surface area contributed by atoms with Crippen molar-refractivity contribution in [3.8, 4) is 0 Å². The number of hydrogen-bond acceptors (Lipinski definition) is 6. The van der Waals surface area contributed by atoms with Gasteiger partial charge in [-0.25, -0.2) is 4.98 Å². The van der Waals surface area contributed by atoms with E-state index in [-0.39, 0.29) is 11.3 Å². The number of aryl methyl sites for hydroxylation is 2. The maximum atomic E-state index is 5.68. The second-order valence-electron chi connectivity index (χ2n) is 3.66. The first kappa shape index (κ1) is 12.2. The molecule has 0 spiro atoms. The molecule has 0 aliphatic carbocycles. The van der Waals surface area contributed by atoms with Gasteiger partial charge >= 0.3 is 0 Å². The van der Waals surface area contributed by atoms with Gasteiger partial charge in [-0.15, -0.1) is 16.4 Å². The number of rotatable bonds is 3. The van der Waals surface area contributed by atoms with Crippen molar-refractivity contribution in [2.75, 3.05) is 5.32 Å². The average molecular weight is 270 g/mol. The molecule has 0 aliphatic rings. The highest BCUT2D eigenvalue weighted by Crippen LogP contribution is 2.26. The first-order valence-electron chi connectivity index (χ1n) is 5.12. The summed E-state index contributed by atoms with van der Waals surface area (Å²) in [5.41, 5.74) is 1.04. The molecule has 1 unspecified atom stereocenters. The van der Waals surface area contributed by atoms with Crippen molar-refractivity contribution >= 4 is 28.8 Å². The van der Waals surface area contributed by atoms with Gasteiger partial charge in [0.05, 0.1) is 22.9 Å². The predicted molar refractivity (Wildman–Crippen MR) is 68.5 cm³/mol. The van der Waals surface area contributed by atoms with Gasteiger partial charge in [-0.05, 0) is 32.4 Å². The van der Waals surface area contributed by atoms with Crippen molar-refractivity contribution in [2.24, 2.45) is 0 Å². The molecular formula is C10H12ClN5S. The fourth-order valence-corrected chi connectivity index (χ4v) is 2.65. The van der Waals surface area contributed by atoms with E-state index in [9.17, 15) is 0 Å². The number of nitrogens with zero attached hydrogens (tertiary/aromatic N) is 4. The van der Waals surface area contributed by atoms with Gasteiger partial charge in [-0.1, -0.05) is 0 Å². The van der Waals surface area contributed by atoms with Crippen LogP contribution in [0.4, 0.5) is 5.82 Å². The van der Waals surface area contributed by atoms with Crippen molar-refractivity contribution in [2.45, 2.75) is 26.8 Å². The molecule has 0 amide bonds. The molecule has 2 aromatic heterocycles. The zero-order chi connectivity index (χ0) is 12.4. The Kier molecular flexibility index (Phi) is 3.54. The average Bonchev–Trinajstić information content (AvgIpc) is 2.58. The molecule has 0 radical (unpaired) electrons. The lowest BCUT2D eigenvalue weighted by molar-refractivity contribution is 0.863. The van der Waals surface area contributed by atoms with Crippen LogP contribution >= 0.6 is 22.9 Å². The van der Waals surface area contributed by atoms with E-state index in [1.54, 1.807) is 17.5 Å². The number of aromatic nitrogens is 4. The topological polar surface area (TPSA) is 63.6 Å². The van der Waals surface area contributed by atoms with E-state index >= 15 is 0 Å². The van der Waals surface area contributed by atoms with Gasteiger partial charge in [-0.2, -0.15) is 10.1 Å². The van der Waals surface area contributed by atoms with E-state index in [1.165, 1.54) is 4.88 Å². The van der Waals surface area contributed by atoms with Gasteiger partial charge in [-0.3, -0.25) is 0 Å². The monoisotopic (exact) mass is 269 g/mol. The molecule has 0 saturated heterocycles. The summed E-state index contributed by atoms with van der Waals surface area (Å²) in [4.78, 5) is 9.63. The van der Waals surface area contributed by atoms with Gasteiger partial charge in [0.2, 0.25) is 5.28 Å². The molecule has 0 saturated carbocycles. The lowest BCUT2D eigenvalue weighted by atomic mass is 10.2. The Morgan fingerprint density at radius 1 is 1.35 bits per heavy atom. The largest absolute Gasteiger partial charge is 0.361 e. The van der Waals surface area contributed by atoms with Crippen LogP contribution in [0, 0.1) is 13.8 Å². The maximum Gasteiger partial charge on any atom is 0.244 e. The summed E-state index contributed by atoms with van der Waals surface area (Å²) in [7, 11) is 0. The van der Waals surface area contributed by atoms with Crippen LogP contribution in [0.1, 0.15) is 28.5 Å². The fourth-order valence-electron chi connectivity index (χ4n) is 1.59. The molecule has 0 bridgehead atoms. The molecule has 7 heteroatoms. The van der Waals surface area contributed by atoms with E-state index in [0.717, 1.165) is 10.7 Å². The standard InChI is InChI=1S/C10H12ClN5S/c1-5-9(17-7(3)13-5)6(2)14-8-4-12-16-10(11)15-8/h4,6H,1-3H3,(H,14,15,16). The number of anilines is 1. The number of halogens is 1. The molecule has 0 aromatic carbocycles. The second kappa shape index (κ2) is 4.93. The molecule has 1 N–H and O–H groups in total. The van der Waals surface area contributed by atoms with Crippen molar-refractivity contribution in [1.29, 1.82) is 0 Å². The third-order valence-corrected chi connectivity index (χ3v) is 3.65. The van der Waals surface area contributed by atoms with Gasteiger partial charge in [0.15, 0.2) is 0 Å². The highest BCUT2D eigenvalue weighted by molar-refractivity contribution is 7.11. The third-order valence-electron chi connectivity index (χ3n) is 2.23. The summed E-state index contributed by atoms with van der Waals surface area (Å²) >= 11 is 7.35. The summed E-state index contributed by atoms with van der Waals surface area (Å²) < 4.78 is 0. The Labute approximate surface area is 108 Å².